The monoisotopic (exact) mass is 321 g/mol. The smallest absolute Gasteiger partial charge is 0.335 e. The fraction of sp³-hybridized carbons (Fsp3) is 0.529. The maximum Gasteiger partial charge on any atom is 0.335 e. The van der Waals surface area contributed by atoms with E-state index in [2.05, 4.69) is 0 Å². The molecule has 1 fully saturated rings. The summed E-state index contributed by atoms with van der Waals surface area (Å²) in [5.74, 6) is -0.618. The molecule has 6 heteroatoms. The molecule has 0 bridgehead atoms. The van der Waals surface area contributed by atoms with Gasteiger partial charge in [-0.2, -0.15) is 0 Å². The van der Waals surface area contributed by atoms with Crippen LogP contribution in [-0.2, 0) is 16.0 Å². The van der Waals surface area contributed by atoms with Crippen molar-refractivity contribution >= 4 is 11.9 Å². The highest BCUT2D eigenvalue weighted by Gasteiger charge is 2.40. The molecule has 1 aliphatic heterocycles. The van der Waals surface area contributed by atoms with Gasteiger partial charge in [0.05, 0.1) is 12.5 Å². The molecule has 1 aliphatic rings. The Balaban J connectivity index is 2.00. The number of amides is 1. The second-order valence-electron chi connectivity index (χ2n) is 6.17. The number of carboxylic acids is 1. The van der Waals surface area contributed by atoms with Crippen molar-refractivity contribution in [1.82, 2.24) is 4.90 Å². The molecule has 2 N–H and O–H groups in total. The molecule has 0 aromatic heterocycles. The lowest BCUT2D eigenvalue weighted by Gasteiger charge is -2.35. The summed E-state index contributed by atoms with van der Waals surface area (Å²) >= 11 is 0. The van der Waals surface area contributed by atoms with Crippen LogP contribution in [0.2, 0.25) is 0 Å². The fourth-order valence-electron chi connectivity index (χ4n) is 2.63. The van der Waals surface area contributed by atoms with Crippen molar-refractivity contribution in [1.29, 1.82) is 0 Å². The summed E-state index contributed by atoms with van der Waals surface area (Å²) in [6.45, 7) is 4.34. The zero-order chi connectivity index (χ0) is 17.0. The van der Waals surface area contributed by atoms with Crippen LogP contribution >= 0.6 is 0 Å². The number of hydrogen-bond donors (Lipinski definition) is 2. The molecule has 0 spiro atoms. The Hall–Kier alpha value is -2.08. The minimum atomic E-state index is -1.71. The van der Waals surface area contributed by atoms with E-state index in [0.29, 0.717) is 5.75 Å². The number of aliphatic carboxylic acids is 1. The number of rotatable bonds is 5. The second-order valence-corrected chi connectivity index (χ2v) is 6.17. The van der Waals surface area contributed by atoms with E-state index in [1.54, 1.807) is 4.90 Å². The summed E-state index contributed by atoms with van der Waals surface area (Å²) in [6.07, 6.45) is 0.331. The van der Waals surface area contributed by atoms with Gasteiger partial charge in [0.2, 0.25) is 5.91 Å². The Morgan fingerprint density at radius 2 is 1.87 bits per heavy atom. The van der Waals surface area contributed by atoms with Crippen LogP contribution in [0.25, 0.3) is 0 Å². The van der Waals surface area contributed by atoms with Gasteiger partial charge in [0.25, 0.3) is 0 Å². The fourth-order valence-corrected chi connectivity index (χ4v) is 2.63. The molecule has 23 heavy (non-hydrogen) atoms. The maximum absolute atomic E-state index is 12.4. The minimum Gasteiger partial charge on any atom is -0.491 e. The van der Waals surface area contributed by atoms with Crippen molar-refractivity contribution in [2.45, 2.75) is 44.8 Å². The van der Waals surface area contributed by atoms with Crippen LogP contribution in [-0.4, -0.2) is 51.8 Å². The molecule has 126 valence electrons. The number of aliphatic hydroxyl groups is 1. The molecular formula is C17H23NO5. The van der Waals surface area contributed by atoms with E-state index in [1.165, 1.54) is 0 Å². The average Bonchev–Trinajstić information content (AvgIpc) is 2.49. The van der Waals surface area contributed by atoms with Crippen molar-refractivity contribution in [3.63, 3.8) is 0 Å². The van der Waals surface area contributed by atoms with E-state index >= 15 is 0 Å². The van der Waals surface area contributed by atoms with Crippen LogP contribution in [0.3, 0.4) is 0 Å². The van der Waals surface area contributed by atoms with Gasteiger partial charge in [-0.15, -0.1) is 0 Å². The van der Waals surface area contributed by atoms with Gasteiger partial charge in [-0.25, -0.2) is 4.79 Å². The van der Waals surface area contributed by atoms with E-state index < -0.39 is 11.6 Å². The molecule has 1 amide bonds. The third-order valence-electron chi connectivity index (χ3n) is 4.02. The lowest BCUT2D eigenvalue weighted by Crippen LogP contribution is -2.51. The van der Waals surface area contributed by atoms with Gasteiger partial charge >= 0.3 is 5.97 Å². The van der Waals surface area contributed by atoms with E-state index in [4.69, 9.17) is 9.84 Å². The zero-order valence-corrected chi connectivity index (χ0v) is 13.5. The number of hydrogen-bond acceptors (Lipinski definition) is 4. The topological polar surface area (TPSA) is 87.1 Å². The van der Waals surface area contributed by atoms with Crippen LogP contribution in [0.1, 0.15) is 32.3 Å². The van der Waals surface area contributed by atoms with Crippen LogP contribution in [0, 0.1) is 0 Å². The lowest BCUT2D eigenvalue weighted by molar-refractivity contribution is -0.165. The summed E-state index contributed by atoms with van der Waals surface area (Å²) in [7, 11) is 0. The van der Waals surface area contributed by atoms with Gasteiger partial charge in [-0.3, -0.25) is 4.79 Å². The first kappa shape index (κ1) is 17.3. The molecule has 0 unspecified atom stereocenters. The highest BCUT2D eigenvalue weighted by molar-refractivity contribution is 5.81. The lowest BCUT2D eigenvalue weighted by atomic mass is 9.91. The van der Waals surface area contributed by atoms with Crippen LogP contribution in [0.5, 0.6) is 5.75 Å². The first-order chi connectivity index (χ1) is 10.8. The quantitative estimate of drug-likeness (QED) is 0.857. The molecule has 0 aliphatic carbocycles. The highest BCUT2D eigenvalue weighted by Crippen LogP contribution is 2.25. The predicted octanol–water partition coefficient (Wildman–Crippen LogP) is 1.45. The standard InChI is InChI=1S/C17H23NO5/c1-12(2)23-14-6-4-3-5-13(14)11-15(19)18-9-7-17(22,8-10-18)16(20)21/h3-6,12,22H,7-11H2,1-2H3,(H,20,21). The number of benzene rings is 1. The van der Waals surface area contributed by atoms with Crippen molar-refractivity contribution in [3.8, 4) is 5.75 Å². The van der Waals surface area contributed by atoms with Crippen molar-refractivity contribution < 1.29 is 24.5 Å². The first-order valence-electron chi connectivity index (χ1n) is 7.80. The summed E-state index contributed by atoms with van der Waals surface area (Å²) in [4.78, 5) is 25.0. The Kier molecular flexibility index (Phi) is 5.26. The number of para-hydroxylation sites is 1. The van der Waals surface area contributed by atoms with Gasteiger partial charge in [-0.05, 0) is 19.9 Å². The van der Waals surface area contributed by atoms with Crippen LogP contribution in [0.15, 0.2) is 24.3 Å². The third kappa shape index (κ3) is 4.22. The maximum atomic E-state index is 12.4. The van der Waals surface area contributed by atoms with Gasteiger partial charge in [-0.1, -0.05) is 18.2 Å². The van der Waals surface area contributed by atoms with E-state index in [-0.39, 0.29) is 44.4 Å². The summed E-state index contributed by atoms with van der Waals surface area (Å²) < 4.78 is 5.71. The Bertz CT molecular complexity index is 576. The molecule has 2 rings (SSSR count). The normalized spacial score (nSPS) is 17.1. The Morgan fingerprint density at radius 3 is 2.43 bits per heavy atom. The Morgan fingerprint density at radius 1 is 1.26 bits per heavy atom. The number of carbonyl (C=O) groups excluding carboxylic acids is 1. The zero-order valence-electron chi connectivity index (χ0n) is 13.5. The number of ether oxygens (including phenoxy) is 1. The van der Waals surface area contributed by atoms with Gasteiger partial charge in [0.1, 0.15) is 5.75 Å². The van der Waals surface area contributed by atoms with E-state index in [1.807, 2.05) is 38.1 Å². The number of carboxylic acid groups (broad SMARTS) is 1. The van der Waals surface area contributed by atoms with Gasteiger partial charge < -0.3 is 19.8 Å². The largest absolute Gasteiger partial charge is 0.491 e. The van der Waals surface area contributed by atoms with Crippen molar-refractivity contribution in [2.75, 3.05) is 13.1 Å². The number of piperidine rings is 1. The van der Waals surface area contributed by atoms with Crippen LogP contribution in [0.4, 0.5) is 0 Å². The summed E-state index contributed by atoms with van der Waals surface area (Å²) in [5, 5.41) is 18.9. The summed E-state index contributed by atoms with van der Waals surface area (Å²) in [5.41, 5.74) is -0.902. The molecule has 1 aromatic carbocycles. The Labute approximate surface area is 135 Å². The molecule has 0 radical (unpaired) electrons. The van der Waals surface area contributed by atoms with Crippen LogP contribution < -0.4 is 4.74 Å². The number of nitrogens with zero attached hydrogens (tertiary/aromatic N) is 1. The molecular weight excluding hydrogens is 298 g/mol. The third-order valence-corrected chi connectivity index (χ3v) is 4.02. The average molecular weight is 321 g/mol. The first-order valence-corrected chi connectivity index (χ1v) is 7.80. The van der Waals surface area contributed by atoms with Gasteiger partial charge in [0.15, 0.2) is 5.60 Å². The molecule has 0 saturated carbocycles. The van der Waals surface area contributed by atoms with Crippen molar-refractivity contribution in [2.24, 2.45) is 0 Å². The molecule has 1 saturated heterocycles. The van der Waals surface area contributed by atoms with E-state index in [0.717, 1.165) is 5.56 Å². The molecule has 1 heterocycles. The predicted molar refractivity (Wildman–Crippen MR) is 84.3 cm³/mol. The molecule has 1 aromatic rings. The van der Waals surface area contributed by atoms with E-state index in [9.17, 15) is 14.7 Å². The molecule has 6 nitrogen and oxygen atoms in total. The second kappa shape index (κ2) is 7.00. The molecule has 0 atom stereocenters. The summed E-state index contributed by atoms with van der Waals surface area (Å²) in [6, 6.07) is 7.41. The SMILES string of the molecule is CC(C)Oc1ccccc1CC(=O)N1CCC(O)(C(=O)O)CC1. The minimum absolute atomic E-state index is 0.0202. The number of likely N-dealkylation sites (tertiary alicyclic amines) is 1. The highest BCUT2D eigenvalue weighted by atomic mass is 16.5. The number of carbonyl (C=O) groups is 2. The van der Waals surface area contributed by atoms with Crippen molar-refractivity contribution in [3.05, 3.63) is 29.8 Å². The van der Waals surface area contributed by atoms with Gasteiger partial charge in [0, 0.05) is 31.5 Å².